The van der Waals surface area contributed by atoms with Crippen molar-refractivity contribution in [2.45, 2.75) is 19.3 Å². The number of nitrogens with zero attached hydrogens (tertiary/aromatic N) is 1. The number of nitro benzene ring substituents is 1. The molecule has 0 atom stereocenters. The largest absolute Gasteiger partial charge is 0.487 e. The summed E-state index contributed by atoms with van der Waals surface area (Å²) in [6.45, 7) is 0.496. The number of ether oxygens (including phenoxy) is 1. The molecule has 0 aliphatic carbocycles. The molecule has 1 aromatic rings. The van der Waals surface area contributed by atoms with Gasteiger partial charge in [-0.05, 0) is 37.1 Å². The number of unbranched alkanes of at least 4 members (excludes halogenated alkanes) is 2. The van der Waals surface area contributed by atoms with Crippen molar-refractivity contribution in [3.8, 4) is 5.75 Å². The lowest BCUT2D eigenvalue weighted by Gasteiger charge is -2.06. The normalized spacial score (nSPS) is 10.2. The monoisotopic (exact) mass is 319 g/mol. The van der Waals surface area contributed by atoms with Crippen LogP contribution in [0.15, 0.2) is 22.7 Å². The second-order valence-corrected chi connectivity index (χ2v) is 4.86. The van der Waals surface area contributed by atoms with Crippen LogP contribution in [0.2, 0.25) is 0 Å². The third kappa shape index (κ3) is 4.95. The third-order valence-electron chi connectivity index (χ3n) is 2.18. The first-order chi connectivity index (χ1) is 8.15. The van der Waals surface area contributed by atoms with Crippen molar-refractivity contribution in [3.05, 3.63) is 32.8 Å². The Morgan fingerprint density at radius 2 is 2.12 bits per heavy atom. The molecule has 4 nitrogen and oxygen atoms in total. The van der Waals surface area contributed by atoms with E-state index in [0.717, 1.165) is 25.0 Å². The van der Waals surface area contributed by atoms with Gasteiger partial charge in [0.05, 0.1) is 11.5 Å². The molecule has 0 radical (unpaired) electrons. The van der Waals surface area contributed by atoms with Gasteiger partial charge in [-0.1, -0.05) is 15.9 Å². The molecule has 6 heteroatoms. The lowest BCUT2D eigenvalue weighted by Crippen LogP contribution is -2.00. The van der Waals surface area contributed by atoms with Crippen molar-refractivity contribution in [1.29, 1.82) is 0 Å². The summed E-state index contributed by atoms with van der Waals surface area (Å²) in [5.41, 5.74) is -0.00595. The molecule has 1 rings (SSSR count). The summed E-state index contributed by atoms with van der Waals surface area (Å²) in [5, 5.41) is 10.8. The summed E-state index contributed by atoms with van der Waals surface area (Å²) >= 11 is 7.31. The van der Waals surface area contributed by atoms with Crippen LogP contribution in [0.25, 0.3) is 0 Å². The van der Waals surface area contributed by atoms with E-state index in [1.54, 1.807) is 12.1 Å². The van der Waals surface area contributed by atoms with E-state index >= 15 is 0 Å². The van der Waals surface area contributed by atoms with Crippen LogP contribution in [0.5, 0.6) is 5.75 Å². The van der Waals surface area contributed by atoms with Crippen LogP contribution in [-0.2, 0) is 0 Å². The number of thiol groups is 1. The molecule has 0 aliphatic heterocycles. The first kappa shape index (κ1) is 14.3. The summed E-state index contributed by atoms with van der Waals surface area (Å²) in [6, 6.07) is 4.79. The van der Waals surface area contributed by atoms with Gasteiger partial charge in [-0.2, -0.15) is 12.6 Å². The van der Waals surface area contributed by atoms with Crippen LogP contribution < -0.4 is 4.74 Å². The van der Waals surface area contributed by atoms with E-state index in [9.17, 15) is 10.1 Å². The van der Waals surface area contributed by atoms with Gasteiger partial charge in [0.25, 0.3) is 0 Å². The average Bonchev–Trinajstić information content (AvgIpc) is 2.30. The Morgan fingerprint density at radius 3 is 2.76 bits per heavy atom. The van der Waals surface area contributed by atoms with Gasteiger partial charge < -0.3 is 4.74 Å². The number of hydrogen-bond donors (Lipinski definition) is 1. The van der Waals surface area contributed by atoms with E-state index in [1.807, 2.05) is 0 Å². The summed E-state index contributed by atoms with van der Waals surface area (Å²) in [6.07, 6.45) is 2.94. The van der Waals surface area contributed by atoms with Crippen molar-refractivity contribution in [3.63, 3.8) is 0 Å². The molecule has 0 saturated heterocycles. The second kappa shape index (κ2) is 7.55. The Hall–Kier alpha value is -0.750. The van der Waals surface area contributed by atoms with Crippen molar-refractivity contribution < 1.29 is 9.66 Å². The van der Waals surface area contributed by atoms with Crippen LogP contribution in [-0.4, -0.2) is 17.3 Å². The van der Waals surface area contributed by atoms with Crippen LogP contribution >= 0.6 is 28.6 Å². The van der Waals surface area contributed by atoms with Crippen LogP contribution in [0.1, 0.15) is 19.3 Å². The maximum Gasteiger partial charge on any atom is 0.312 e. The standard InChI is InChI=1S/C11H14BrNO3S/c12-9-4-5-11(10(8-9)13(14)15)16-6-2-1-3-7-17/h4-5,8,17H,1-3,6-7H2. The first-order valence-corrected chi connectivity index (χ1v) is 6.75. The predicted molar refractivity (Wildman–Crippen MR) is 74.0 cm³/mol. The topological polar surface area (TPSA) is 52.4 Å². The fraction of sp³-hybridized carbons (Fsp3) is 0.455. The number of hydrogen-bond acceptors (Lipinski definition) is 4. The number of rotatable bonds is 7. The molecule has 0 aromatic heterocycles. The molecule has 0 spiro atoms. The lowest BCUT2D eigenvalue weighted by atomic mass is 10.2. The molecule has 0 saturated carbocycles. The summed E-state index contributed by atoms with van der Waals surface area (Å²) in [4.78, 5) is 10.4. The highest BCUT2D eigenvalue weighted by Crippen LogP contribution is 2.30. The highest BCUT2D eigenvalue weighted by Gasteiger charge is 2.15. The minimum absolute atomic E-state index is 0.00595. The highest BCUT2D eigenvalue weighted by molar-refractivity contribution is 9.10. The first-order valence-electron chi connectivity index (χ1n) is 5.32. The van der Waals surface area contributed by atoms with Gasteiger partial charge in [0.1, 0.15) is 0 Å². The fourth-order valence-electron chi connectivity index (χ4n) is 1.33. The molecule has 0 N–H and O–H groups in total. The highest BCUT2D eigenvalue weighted by atomic mass is 79.9. The minimum Gasteiger partial charge on any atom is -0.487 e. The molecule has 17 heavy (non-hydrogen) atoms. The Kier molecular flexibility index (Phi) is 6.36. The third-order valence-corrected chi connectivity index (χ3v) is 2.99. The molecule has 0 bridgehead atoms. The van der Waals surface area contributed by atoms with Gasteiger partial charge in [-0.15, -0.1) is 0 Å². The lowest BCUT2D eigenvalue weighted by molar-refractivity contribution is -0.385. The summed E-state index contributed by atoms with van der Waals surface area (Å²) < 4.78 is 6.09. The number of nitro groups is 1. The Bertz CT molecular complexity index is 387. The molecule has 0 heterocycles. The Morgan fingerprint density at radius 1 is 1.35 bits per heavy atom. The van der Waals surface area contributed by atoms with Crippen molar-refractivity contribution in [2.75, 3.05) is 12.4 Å². The number of halogens is 1. The van der Waals surface area contributed by atoms with Crippen LogP contribution in [0.3, 0.4) is 0 Å². The van der Waals surface area contributed by atoms with E-state index in [2.05, 4.69) is 28.6 Å². The van der Waals surface area contributed by atoms with E-state index < -0.39 is 4.92 Å². The second-order valence-electron chi connectivity index (χ2n) is 3.50. The Balaban J connectivity index is 2.55. The van der Waals surface area contributed by atoms with Crippen molar-refractivity contribution in [2.24, 2.45) is 0 Å². The minimum atomic E-state index is -0.437. The van der Waals surface area contributed by atoms with Gasteiger partial charge in [0.2, 0.25) is 0 Å². The van der Waals surface area contributed by atoms with Gasteiger partial charge in [-0.25, -0.2) is 0 Å². The van der Waals surface area contributed by atoms with Gasteiger partial charge in [0.15, 0.2) is 5.75 Å². The van der Waals surface area contributed by atoms with Gasteiger partial charge >= 0.3 is 5.69 Å². The average molecular weight is 320 g/mol. The molecule has 1 aromatic carbocycles. The van der Waals surface area contributed by atoms with E-state index in [4.69, 9.17) is 4.74 Å². The number of benzene rings is 1. The summed E-state index contributed by atoms with van der Waals surface area (Å²) in [7, 11) is 0. The molecule has 94 valence electrons. The Labute approximate surface area is 114 Å². The molecule has 0 amide bonds. The summed E-state index contributed by atoms with van der Waals surface area (Å²) in [5.74, 6) is 1.18. The molecule has 0 aliphatic rings. The fourth-order valence-corrected chi connectivity index (χ4v) is 1.90. The molecular formula is C11H14BrNO3S. The van der Waals surface area contributed by atoms with E-state index in [0.29, 0.717) is 16.8 Å². The predicted octanol–water partition coefficient (Wildman–Crippen LogP) is 3.84. The zero-order valence-electron chi connectivity index (χ0n) is 9.26. The van der Waals surface area contributed by atoms with E-state index in [1.165, 1.54) is 6.07 Å². The maximum absolute atomic E-state index is 10.8. The molecule has 0 fully saturated rings. The van der Waals surface area contributed by atoms with Crippen molar-refractivity contribution >= 4 is 34.2 Å². The van der Waals surface area contributed by atoms with Crippen LogP contribution in [0, 0.1) is 10.1 Å². The van der Waals surface area contributed by atoms with Gasteiger partial charge in [-0.3, -0.25) is 10.1 Å². The van der Waals surface area contributed by atoms with E-state index in [-0.39, 0.29) is 5.69 Å². The smallest absolute Gasteiger partial charge is 0.312 e. The molecule has 0 unspecified atom stereocenters. The SMILES string of the molecule is O=[N+]([O-])c1cc(Br)ccc1OCCCCCS. The zero-order valence-corrected chi connectivity index (χ0v) is 11.7. The maximum atomic E-state index is 10.8. The van der Waals surface area contributed by atoms with Crippen LogP contribution in [0.4, 0.5) is 5.69 Å². The quantitative estimate of drug-likeness (QED) is 0.359. The van der Waals surface area contributed by atoms with Crippen molar-refractivity contribution in [1.82, 2.24) is 0 Å². The molecular weight excluding hydrogens is 306 g/mol. The zero-order chi connectivity index (χ0) is 12.7. The van der Waals surface area contributed by atoms with Gasteiger partial charge in [0, 0.05) is 10.5 Å².